The van der Waals surface area contributed by atoms with E-state index in [0.717, 1.165) is 18.7 Å². The summed E-state index contributed by atoms with van der Waals surface area (Å²) in [6.07, 6.45) is 0.679. The standard InChI is InChI=1S/C13H22FN3O2S/c1-10(2)17(3)6-4-5-16-20(18,19)13-8-11(14)7-12(15)9-13/h7-10,16H,4-6,15H2,1-3H3. The highest BCUT2D eigenvalue weighted by Gasteiger charge is 2.15. The largest absolute Gasteiger partial charge is 0.399 e. The van der Waals surface area contributed by atoms with Gasteiger partial charge in [0.25, 0.3) is 0 Å². The summed E-state index contributed by atoms with van der Waals surface area (Å²) in [5.74, 6) is -0.662. The van der Waals surface area contributed by atoms with Gasteiger partial charge in [0.15, 0.2) is 0 Å². The van der Waals surface area contributed by atoms with E-state index < -0.39 is 15.8 Å². The predicted molar refractivity (Wildman–Crippen MR) is 78.4 cm³/mol. The maximum Gasteiger partial charge on any atom is 0.240 e. The van der Waals surface area contributed by atoms with Gasteiger partial charge in [-0.3, -0.25) is 0 Å². The summed E-state index contributed by atoms with van der Waals surface area (Å²) >= 11 is 0. The van der Waals surface area contributed by atoms with Crippen molar-refractivity contribution in [1.29, 1.82) is 0 Å². The number of sulfonamides is 1. The summed E-state index contributed by atoms with van der Waals surface area (Å²) in [5.41, 5.74) is 5.53. The monoisotopic (exact) mass is 303 g/mol. The summed E-state index contributed by atoms with van der Waals surface area (Å²) in [4.78, 5) is 1.97. The van der Waals surface area contributed by atoms with Gasteiger partial charge in [-0.2, -0.15) is 0 Å². The SMILES string of the molecule is CC(C)N(C)CCCNS(=O)(=O)c1cc(N)cc(F)c1. The van der Waals surface area contributed by atoms with Crippen molar-refractivity contribution in [3.8, 4) is 0 Å². The van der Waals surface area contributed by atoms with Gasteiger partial charge in [0, 0.05) is 18.3 Å². The van der Waals surface area contributed by atoms with Crippen LogP contribution in [0.15, 0.2) is 23.1 Å². The first-order valence-electron chi connectivity index (χ1n) is 6.48. The molecule has 0 spiro atoms. The summed E-state index contributed by atoms with van der Waals surface area (Å²) in [6.45, 7) is 5.22. The Balaban J connectivity index is 2.58. The van der Waals surface area contributed by atoms with E-state index in [1.807, 2.05) is 7.05 Å². The van der Waals surface area contributed by atoms with Crippen molar-refractivity contribution < 1.29 is 12.8 Å². The molecule has 114 valence electrons. The molecule has 0 radical (unpaired) electrons. The fourth-order valence-electron chi connectivity index (χ4n) is 1.62. The normalized spacial score (nSPS) is 12.3. The molecule has 0 amide bonds. The molecule has 1 aromatic rings. The van der Waals surface area contributed by atoms with Crippen molar-refractivity contribution in [2.45, 2.75) is 31.2 Å². The van der Waals surface area contributed by atoms with Gasteiger partial charge in [0.2, 0.25) is 10.0 Å². The van der Waals surface area contributed by atoms with Gasteiger partial charge < -0.3 is 10.6 Å². The minimum atomic E-state index is -3.71. The number of nitrogens with one attached hydrogen (secondary N) is 1. The Hall–Kier alpha value is -1.18. The minimum absolute atomic E-state index is 0.0879. The van der Waals surface area contributed by atoms with Crippen LogP contribution in [0.4, 0.5) is 10.1 Å². The maximum absolute atomic E-state index is 13.2. The Morgan fingerprint density at radius 3 is 2.55 bits per heavy atom. The van der Waals surface area contributed by atoms with E-state index >= 15 is 0 Å². The first-order chi connectivity index (χ1) is 9.22. The molecule has 0 bridgehead atoms. The highest BCUT2D eigenvalue weighted by Crippen LogP contribution is 2.15. The van der Waals surface area contributed by atoms with Gasteiger partial charge in [-0.05, 0) is 52.1 Å². The third-order valence-corrected chi connectivity index (χ3v) is 4.51. The highest BCUT2D eigenvalue weighted by molar-refractivity contribution is 7.89. The molecular formula is C13H22FN3O2S. The lowest BCUT2D eigenvalue weighted by atomic mass is 10.3. The van der Waals surface area contributed by atoms with E-state index in [0.29, 0.717) is 19.0 Å². The van der Waals surface area contributed by atoms with Crippen LogP contribution in [0.5, 0.6) is 0 Å². The Bertz CT molecular complexity index is 526. The van der Waals surface area contributed by atoms with Gasteiger partial charge in [-0.1, -0.05) is 0 Å². The van der Waals surface area contributed by atoms with E-state index in [1.54, 1.807) is 0 Å². The smallest absolute Gasteiger partial charge is 0.240 e. The molecule has 5 nitrogen and oxygen atoms in total. The molecule has 0 unspecified atom stereocenters. The molecule has 1 aromatic carbocycles. The quantitative estimate of drug-likeness (QED) is 0.590. The van der Waals surface area contributed by atoms with Crippen LogP contribution in [0.3, 0.4) is 0 Å². The number of nitrogens with two attached hydrogens (primary N) is 1. The first kappa shape index (κ1) is 16.9. The zero-order chi connectivity index (χ0) is 15.3. The van der Waals surface area contributed by atoms with Crippen LogP contribution in [0, 0.1) is 5.82 Å². The van der Waals surface area contributed by atoms with Gasteiger partial charge >= 0.3 is 0 Å². The van der Waals surface area contributed by atoms with Crippen molar-refractivity contribution in [3.05, 3.63) is 24.0 Å². The van der Waals surface area contributed by atoms with Crippen LogP contribution in [-0.2, 0) is 10.0 Å². The lowest BCUT2D eigenvalue weighted by Crippen LogP contribution is -2.31. The lowest BCUT2D eigenvalue weighted by Gasteiger charge is -2.20. The highest BCUT2D eigenvalue weighted by atomic mass is 32.2. The van der Waals surface area contributed by atoms with Crippen molar-refractivity contribution in [2.75, 3.05) is 25.9 Å². The van der Waals surface area contributed by atoms with Crippen molar-refractivity contribution in [1.82, 2.24) is 9.62 Å². The van der Waals surface area contributed by atoms with E-state index in [-0.39, 0.29) is 10.6 Å². The molecule has 3 N–H and O–H groups in total. The molecule has 1 rings (SSSR count). The lowest BCUT2D eigenvalue weighted by molar-refractivity contribution is 0.271. The summed E-state index contributed by atoms with van der Waals surface area (Å²) in [5, 5.41) is 0. The van der Waals surface area contributed by atoms with Crippen LogP contribution in [0.25, 0.3) is 0 Å². The third-order valence-electron chi connectivity index (χ3n) is 3.07. The van der Waals surface area contributed by atoms with Crippen LogP contribution in [0.2, 0.25) is 0 Å². The maximum atomic E-state index is 13.2. The number of nitrogen functional groups attached to an aromatic ring is 1. The molecule has 0 heterocycles. The second kappa shape index (κ2) is 7.01. The van der Waals surface area contributed by atoms with Crippen LogP contribution < -0.4 is 10.5 Å². The zero-order valence-corrected chi connectivity index (χ0v) is 12.9. The molecule has 0 aliphatic rings. The van der Waals surface area contributed by atoms with Gasteiger partial charge in [0.05, 0.1) is 4.90 Å². The van der Waals surface area contributed by atoms with Crippen molar-refractivity contribution >= 4 is 15.7 Å². The molecule has 0 aliphatic heterocycles. The number of anilines is 1. The zero-order valence-electron chi connectivity index (χ0n) is 12.1. The van der Waals surface area contributed by atoms with E-state index in [2.05, 4.69) is 23.5 Å². The summed E-state index contributed by atoms with van der Waals surface area (Å²) in [6, 6.07) is 3.69. The number of hydrogen-bond donors (Lipinski definition) is 2. The molecule has 7 heteroatoms. The second-order valence-corrected chi connectivity index (χ2v) is 6.81. The average Bonchev–Trinajstić information content (AvgIpc) is 2.33. The molecular weight excluding hydrogens is 281 g/mol. The second-order valence-electron chi connectivity index (χ2n) is 5.05. The van der Waals surface area contributed by atoms with E-state index in [4.69, 9.17) is 5.73 Å². The topological polar surface area (TPSA) is 75.4 Å². The average molecular weight is 303 g/mol. The van der Waals surface area contributed by atoms with E-state index in [1.165, 1.54) is 6.07 Å². The van der Waals surface area contributed by atoms with Crippen LogP contribution in [0.1, 0.15) is 20.3 Å². The van der Waals surface area contributed by atoms with Crippen LogP contribution in [-0.4, -0.2) is 39.5 Å². The van der Waals surface area contributed by atoms with E-state index in [9.17, 15) is 12.8 Å². The number of halogens is 1. The third kappa shape index (κ3) is 5.07. The number of rotatable bonds is 7. The Morgan fingerprint density at radius 1 is 1.35 bits per heavy atom. The minimum Gasteiger partial charge on any atom is -0.399 e. The van der Waals surface area contributed by atoms with Gasteiger partial charge in [-0.25, -0.2) is 17.5 Å². The Labute approximate surface area is 120 Å². The van der Waals surface area contributed by atoms with Crippen molar-refractivity contribution in [2.24, 2.45) is 0 Å². The number of nitrogens with zero attached hydrogens (tertiary/aromatic N) is 1. The molecule has 0 fully saturated rings. The van der Waals surface area contributed by atoms with Crippen LogP contribution >= 0.6 is 0 Å². The predicted octanol–water partition coefficient (Wildman–Crippen LogP) is 1.42. The molecule has 0 aromatic heterocycles. The Morgan fingerprint density at radius 2 is 2.00 bits per heavy atom. The van der Waals surface area contributed by atoms with Gasteiger partial charge in [0.1, 0.15) is 5.82 Å². The molecule has 0 aliphatic carbocycles. The number of benzene rings is 1. The molecule has 0 saturated carbocycles. The number of hydrogen-bond acceptors (Lipinski definition) is 4. The van der Waals surface area contributed by atoms with Crippen molar-refractivity contribution in [3.63, 3.8) is 0 Å². The molecule has 20 heavy (non-hydrogen) atoms. The van der Waals surface area contributed by atoms with Gasteiger partial charge in [-0.15, -0.1) is 0 Å². The fraction of sp³-hybridized carbons (Fsp3) is 0.538. The summed E-state index contributed by atoms with van der Waals surface area (Å²) in [7, 11) is -1.73. The molecule has 0 saturated heterocycles. The molecule has 0 atom stereocenters. The first-order valence-corrected chi connectivity index (χ1v) is 7.96. The Kier molecular flexibility index (Phi) is 5.91. The summed E-state index contributed by atoms with van der Waals surface area (Å²) < 4.78 is 39.5. The fourth-order valence-corrected chi connectivity index (χ4v) is 2.75.